The van der Waals surface area contributed by atoms with Gasteiger partial charge in [0, 0.05) is 0 Å². The van der Waals surface area contributed by atoms with Gasteiger partial charge in [0.15, 0.2) is 0 Å². The molecule has 0 heterocycles. The third-order valence-electron chi connectivity index (χ3n) is 2.44. The van der Waals surface area contributed by atoms with Gasteiger partial charge in [0.25, 0.3) is 0 Å². The van der Waals surface area contributed by atoms with Gasteiger partial charge in [-0.25, -0.2) is 0 Å². The van der Waals surface area contributed by atoms with E-state index in [1.807, 2.05) is 0 Å². The molecule has 0 radical (unpaired) electrons. The maximum atomic E-state index is 12.2. The molecule has 0 aromatic rings. The second-order valence-corrected chi connectivity index (χ2v) is 3.37. The summed E-state index contributed by atoms with van der Waals surface area (Å²) in [6.45, 7) is -0.0833. The summed E-state index contributed by atoms with van der Waals surface area (Å²) in [4.78, 5) is 0. The quantitative estimate of drug-likeness (QED) is 0.529. The fourth-order valence-corrected chi connectivity index (χ4v) is 1.69. The zero-order valence-corrected chi connectivity index (χ0v) is 6.61. The molecule has 0 spiro atoms. The normalized spacial score (nSPS) is 23.7. The van der Waals surface area contributed by atoms with Crippen molar-refractivity contribution in [3.8, 4) is 0 Å². The summed E-state index contributed by atoms with van der Waals surface area (Å²) in [6.07, 6.45) is 8.82. The summed E-state index contributed by atoms with van der Waals surface area (Å²) in [7, 11) is 0. The van der Waals surface area contributed by atoms with Crippen LogP contribution in [-0.4, -0.2) is 6.67 Å². The van der Waals surface area contributed by atoms with Gasteiger partial charge in [0.2, 0.25) is 0 Å². The topological polar surface area (TPSA) is 0 Å². The minimum atomic E-state index is -0.0833. The molecule has 0 unspecified atom stereocenters. The first-order valence-corrected chi connectivity index (χ1v) is 4.49. The number of hydrogen-bond donors (Lipinski definition) is 0. The van der Waals surface area contributed by atoms with Crippen LogP contribution in [0.5, 0.6) is 0 Å². The molecule has 0 aromatic heterocycles. The SMILES string of the molecule is FCC1CCCCCCC1. The molecule has 1 heteroatoms. The van der Waals surface area contributed by atoms with Crippen molar-refractivity contribution in [1.29, 1.82) is 0 Å². The number of halogens is 1. The molecule has 0 N–H and O–H groups in total. The molecule has 0 saturated heterocycles. The first-order chi connectivity index (χ1) is 4.93. The lowest BCUT2D eigenvalue weighted by atomic mass is 9.92. The Bertz CT molecular complexity index is 72.8. The van der Waals surface area contributed by atoms with E-state index in [2.05, 4.69) is 0 Å². The molecular weight excluding hydrogens is 127 g/mol. The lowest BCUT2D eigenvalue weighted by molar-refractivity contribution is 0.296. The van der Waals surface area contributed by atoms with E-state index in [1.165, 1.54) is 32.1 Å². The van der Waals surface area contributed by atoms with Crippen LogP contribution in [0.3, 0.4) is 0 Å². The lowest BCUT2D eigenvalue weighted by Gasteiger charge is -2.15. The predicted molar refractivity (Wildman–Crippen MR) is 41.8 cm³/mol. The van der Waals surface area contributed by atoms with Crippen LogP contribution in [0.25, 0.3) is 0 Å². The number of hydrogen-bond acceptors (Lipinski definition) is 0. The highest BCUT2D eigenvalue weighted by molar-refractivity contribution is 4.61. The summed E-state index contributed by atoms with van der Waals surface area (Å²) < 4.78 is 12.2. The summed E-state index contributed by atoms with van der Waals surface area (Å²) >= 11 is 0. The zero-order chi connectivity index (χ0) is 7.23. The van der Waals surface area contributed by atoms with Crippen molar-refractivity contribution >= 4 is 0 Å². The van der Waals surface area contributed by atoms with Crippen molar-refractivity contribution in [2.45, 2.75) is 44.9 Å². The van der Waals surface area contributed by atoms with Crippen LogP contribution >= 0.6 is 0 Å². The van der Waals surface area contributed by atoms with Crippen molar-refractivity contribution < 1.29 is 4.39 Å². The van der Waals surface area contributed by atoms with Crippen molar-refractivity contribution in [3.05, 3.63) is 0 Å². The van der Waals surface area contributed by atoms with E-state index in [4.69, 9.17) is 0 Å². The molecule has 1 fully saturated rings. The van der Waals surface area contributed by atoms with Gasteiger partial charge in [0.05, 0.1) is 6.67 Å². The average Bonchev–Trinajstić information content (AvgIpc) is 1.87. The standard InChI is InChI=1S/C9H17F/c10-8-9-6-4-2-1-3-5-7-9/h9H,1-8H2. The highest BCUT2D eigenvalue weighted by atomic mass is 19.1. The van der Waals surface area contributed by atoms with Gasteiger partial charge in [-0.1, -0.05) is 32.1 Å². The Labute approximate surface area is 62.8 Å². The molecular formula is C9H17F. The maximum Gasteiger partial charge on any atom is 0.0922 e. The van der Waals surface area contributed by atoms with E-state index >= 15 is 0 Å². The monoisotopic (exact) mass is 144 g/mol. The summed E-state index contributed by atoms with van der Waals surface area (Å²) in [5, 5.41) is 0. The Hall–Kier alpha value is -0.0700. The molecule has 60 valence electrons. The smallest absolute Gasteiger partial charge is 0.0922 e. The summed E-state index contributed by atoms with van der Waals surface area (Å²) in [6, 6.07) is 0. The minimum absolute atomic E-state index is 0.0833. The van der Waals surface area contributed by atoms with Crippen molar-refractivity contribution in [1.82, 2.24) is 0 Å². The Kier molecular flexibility index (Phi) is 3.77. The second-order valence-electron chi connectivity index (χ2n) is 3.37. The second kappa shape index (κ2) is 4.70. The molecule has 0 bridgehead atoms. The van der Waals surface area contributed by atoms with E-state index in [0.29, 0.717) is 5.92 Å². The third-order valence-corrected chi connectivity index (χ3v) is 2.44. The summed E-state index contributed by atoms with van der Waals surface area (Å²) in [5.74, 6) is 0.403. The molecule has 0 aromatic carbocycles. The van der Waals surface area contributed by atoms with Crippen LogP contribution in [-0.2, 0) is 0 Å². The van der Waals surface area contributed by atoms with Gasteiger partial charge in [-0.05, 0) is 18.8 Å². The van der Waals surface area contributed by atoms with Crippen LogP contribution in [0, 0.1) is 5.92 Å². The van der Waals surface area contributed by atoms with Crippen LogP contribution in [0.15, 0.2) is 0 Å². The van der Waals surface area contributed by atoms with Crippen molar-refractivity contribution in [3.63, 3.8) is 0 Å². The molecule has 1 aliphatic rings. The minimum Gasteiger partial charge on any atom is -0.251 e. The van der Waals surface area contributed by atoms with E-state index in [1.54, 1.807) is 0 Å². The Morgan fingerprint density at radius 2 is 1.40 bits per heavy atom. The van der Waals surface area contributed by atoms with E-state index in [9.17, 15) is 4.39 Å². The van der Waals surface area contributed by atoms with E-state index in [-0.39, 0.29) is 6.67 Å². The van der Waals surface area contributed by atoms with Gasteiger partial charge in [-0.3, -0.25) is 4.39 Å². The Balaban J connectivity index is 2.16. The molecule has 0 nitrogen and oxygen atoms in total. The first-order valence-electron chi connectivity index (χ1n) is 4.49. The van der Waals surface area contributed by atoms with Crippen LogP contribution in [0.1, 0.15) is 44.9 Å². The zero-order valence-electron chi connectivity index (χ0n) is 6.61. The van der Waals surface area contributed by atoms with Gasteiger partial charge in [0.1, 0.15) is 0 Å². The number of rotatable bonds is 1. The Morgan fingerprint density at radius 1 is 0.900 bits per heavy atom. The fraction of sp³-hybridized carbons (Fsp3) is 1.00. The van der Waals surface area contributed by atoms with Crippen LogP contribution in [0.2, 0.25) is 0 Å². The molecule has 1 saturated carbocycles. The van der Waals surface area contributed by atoms with Gasteiger partial charge in [-0.15, -0.1) is 0 Å². The maximum absolute atomic E-state index is 12.2. The highest BCUT2D eigenvalue weighted by Gasteiger charge is 2.09. The molecule has 0 amide bonds. The lowest BCUT2D eigenvalue weighted by Crippen LogP contribution is -2.05. The van der Waals surface area contributed by atoms with Crippen molar-refractivity contribution in [2.24, 2.45) is 5.92 Å². The van der Waals surface area contributed by atoms with E-state index < -0.39 is 0 Å². The molecule has 0 aliphatic heterocycles. The molecule has 0 atom stereocenters. The first kappa shape index (κ1) is 8.03. The highest BCUT2D eigenvalue weighted by Crippen LogP contribution is 2.22. The molecule has 1 rings (SSSR count). The molecule has 10 heavy (non-hydrogen) atoms. The van der Waals surface area contributed by atoms with E-state index in [0.717, 1.165) is 12.8 Å². The van der Waals surface area contributed by atoms with Crippen molar-refractivity contribution in [2.75, 3.05) is 6.67 Å². The summed E-state index contributed by atoms with van der Waals surface area (Å²) in [5.41, 5.74) is 0. The largest absolute Gasteiger partial charge is 0.251 e. The van der Waals surface area contributed by atoms with Crippen LogP contribution < -0.4 is 0 Å². The van der Waals surface area contributed by atoms with Gasteiger partial charge >= 0.3 is 0 Å². The fourth-order valence-electron chi connectivity index (χ4n) is 1.69. The molecule has 1 aliphatic carbocycles. The number of alkyl halides is 1. The predicted octanol–water partition coefficient (Wildman–Crippen LogP) is 3.32. The third kappa shape index (κ3) is 2.68. The Morgan fingerprint density at radius 3 is 1.90 bits per heavy atom. The van der Waals surface area contributed by atoms with Gasteiger partial charge in [-0.2, -0.15) is 0 Å². The average molecular weight is 144 g/mol. The van der Waals surface area contributed by atoms with Crippen LogP contribution in [0.4, 0.5) is 4.39 Å². The van der Waals surface area contributed by atoms with Gasteiger partial charge < -0.3 is 0 Å².